The van der Waals surface area contributed by atoms with E-state index in [9.17, 15) is 8.42 Å². The second-order valence-electron chi connectivity index (χ2n) is 5.83. The van der Waals surface area contributed by atoms with Gasteiger partial charge in [0.25, 0.3) is 10.0 Å². The summed E-state index contributed by atoms with van der Waals surface area (Å²) in [5.41, 5.74) is 0.647. The maximum atomic E-state index is 12.5. The number of hydrogen-bond acceptors (Lipinski definition) is 5. The van der Waals surface area contributed by atoms with Crippen LogP contribution in [0.4, 0.5) is 0 Å². The minimum atomic E-state index is -3.78. The predicted molar refractivity (Wildman–Crippen MR) is 114 cm³/mol. The molecule has 8 heteroatoms. The first-order chi connectivity index (χ1) is 13.4. The summed E-state index contributed by atoms with van der Waals surface area (Å²) >= 11 is 3.43. The summed E-state index contributed by atoms with van der Waals surface area (Å²) in [6.45, 7) is 2.37. The van der Waals surface area contributed by atoms with Crippen molar-refractivity contribution in [2.45, 2.75) is 11.8 Å². The molecule has 0 saturated heterocycles. The summed E-state index contributed by atoms with van der Waals surface area (Å²) < 4.78 is 36.6. The monoisotopic (exact) mass is 462 g/mol. The minimum absolute atomic E-state index is 0.147. The lowest BCUT2D eigenvalue weighted by molar-refractivity contribution is 0.309. The number of hydrazone groups is 1. The molecule has 3 rings (SSSR count). The van der Waals surface area contributed by atoms with Crippen molar-refractivity contribution in [1.29, 1.82) is 0 Å². The maximum Gasteiger partial charge on any atom is 0.276 e. The van der Waals surface area contributed by atoms with Gasteiger partial charge in [-0.05, 0) is 63.5 Å². The van der Waals surface area contributed by atoms with Crippen LogP contribution in [0.3, 0.4) is 0 Å². The van der Waals surface area contributed by atoms with E-state index in [-0.39, 0.29) is 4.90 Å². The molecule has 0 radical (unpaired) electrons. The van der Waals surface area contributed by atoms with Gasteiger partial charge in [-0.15, -0.1) is 0 Å². The number of nitrogens with one attached hydrogen (secondary N) is 1. The van der Waals surface area contributed by atoms with Crippen LogP contribution in [0.25, 0.3) is 10.8 Å². The molecular formula is C20H19BrN2O4S. The number of rotatable bonds is 7. The normalized spacial score (nSPS) is 11.7. The Hall–Kier alpha value is -2.58. The number of ether oxygens (including phenoxy) is 2. The van der Waals surface area contributed by atoms with Gasteiger partial charge in [-0.2, -0.15) is 13.5 Å². The fourth-order valence-corrected chi connectivity index (χ4v) is 4.06. The van der Waals surface area contributed by atoms with E-state index in [2.05, 4.69) is 25.9 Å². The van der Waals surface area contributed by atoms with Crippen LogP contribution in [0.15, 0.2) is 69.1 Å². The van der Waals surface area contributed by atoms with E-state index in [1.807, 2.05) is 31.2 Å². The molecule has 0 aliphatic carbocycles. The first-order valence-electron chi connectivity index (χ1n) is 8.48. The second kappa shape index (κ2) is 8.62. The van der Waals surface area contributed by atoms with Crippen LogP contribution in [-0.2, 0) is 10.0 Å². The van der Waals surface area contributed by atoms with Crippen molar-refractivity contribution in [2.75, 3.05) is 13.7 Å². The molecule has 0 atom stereocenters. The van der Waals surface area contributed by atoms with E-state index in [4.69, 9.17) is 9.47 Å². The molecule has 0 aliphatic heterocycles. The van der Waals surface area contributed by atoms with Crippen LogP contribution in [-0.4, -0.2) is 28.3 Å². The number of halogens is 1. The summed E-state index contributed by atoms with van der Waals surface area (Å²) in [6, 6.07) is 16.0. The first-order valence-corrected chi connectivity index (χ1v) is 10.8. The highest BCUT2D eigenvalue weighted by molar-refractivity contribution is 9.10. The molecule has 0 spiro atoms. The van der Waals surface area contributed by atoms with Gasteiger partial charge in [-0.3, -0.25) is 0 Å². The van der Waals surface area contributed by atoms with Gasteiger partial charge in [-0.1, -0.05) is 30.3 Å². The summed E-state index contributed by atoms with van der Waals surface area (Å²) in [5.74, 6) is 1.11. The van der Waals surface area contributed by atoms with E-state index >= 15 is 0 Å². The third-order valence-electron chi connectivity index (χ3n) is 3.96. The number of fused-ring (bicyclic) bond motifs is 1. The molecule has 6 nitrogen and oxygen atoms in total. The second-order valence-corrected chi connectivity index (χ2v) is 8.34. The van der Waals surface area contributed by atoms with Gasteiger partial charge in [0.15, 0.2) is 11.5 Å². The number of nitrogens with zero attached hydrogens (tertiary/aromatic N) is 1. The van der Waals surface area contributed by atoms with Crippen molar-refractivity contribution in [3.63, 3.8) is 0 Å². The zero-order chi connectivity index (χ0) is 20.1. The zero-order valence-corrected chi connectivity index (χ0v) is 17.7. The lowest BCUT2D eigenvalue weighted by Gasteiger charge is -2.12. The number of benzene rings is 3. The van der Waals surface area contributed by atoms with E-state index in [1.165, 1.54) is 13.3 Å². The van der Waals surface area contributed by atoms with E-state index < -0.39 is 10.0 Å². The standard InChI is InChI=1S/C20H19BrN2O4S/c1-3-27-20-18(21)10-14(11-19(20)26-2)13-22-23-28(24,25)17-9-8-15-6-4-5-7-16(15)12-17/h4-13,23H,3H2,1-2H3/b22-13-. The summed E-state index contributed by atoms with van der Waals surface area (Å²) in [7, 11) is -2.24. The van der Waals surface area contributed by atoms with Gasteiger partial charge in [0.1, 0.15) is 0 Å². The molecule has 3 aromatic carbocycles. The molecule has 0 heterocycles. The van der Waals surface area contributed by atoms with E-state index in [0.29, 0.717) is 28.1 Å². The summed E-state index contributed by atoms with van der Waals surface area (Å²) in [6.07, 6.45) is 1.40. The Morgan fingerprint density at radius 3 is 2.57 bits per heavy atom. The molecule has 0 aromatic heterocycles. The van der Waals surface area contributed by atoms with Crippen molar-refractivity contribution in [2.24, 2.45) is 5.10 Å². The Bertz CT molecular complexity index is 1130. The van der Waals surface area contributed by atoms with Crippen LogP contribution in [0.2, 0.25) is 0 Å². The lowest BCUT2D eigenvalue weighted by atomic mass is 10.1. The van der Waals surface area contributed by atoms with E-state index in [1.54, 1.807) is 30.3 Å². The van der Waals surface area contributed by atoms with Crippen molar-refractivity contribution in [3.05, 3.63) is 64.6 Å². The smallest absolute Gasteiger partial charge is 0.276 e. The summed E-state index contributed by atoms with van der Waals surface area (Å²) in [5, 5.41) is 5.69. The molecule has 28 heavy (non-hydrogen) atoms. The number of hydrogen-bond donors (Lipinski definition) is 1. The minimum Gasteiger partial charge on any atom is -0.493 e. The quantitative estimate of drug-likeness (QED) is 0.418. The van der Waals surface area contributed by atoms with Gasteiger partial charge in [0, 0.05) is 0 Å². The van der Waals surface area contributed by atoms with Crippen molar-refractivity contribution in [1.82, 2.24) is 4.83 Å². The molecular weight excluding hydrogens is 444 g/mol. The van der Waals surface area contributed by atoms with Crippen molar-refractivity contribution < 1.29 is 17.9 Å². The Labute approximate surface area is 172 Å². The number of methoxy groups -OCH3 is 1. The van der Waals surface area contributed by atoms with Crippen molar-refractivity contribution >= 4 is 42.9 Å². The van der Waals surface area contributed by atoms with Crippen LogP contribution in [0.1, 0.15) is 12.5 Å². The number of sulfonamides is 1. The van der Waals surface area contributed by atoms with Gasteiger partial charge in [-0.25, -0.2) is 4.83 Å². The molecule has 3 aromatic rings. The highest BCUT2D eigenvalue weighted by Gasteiger charge is 2.14. The largest absolute Gasteiger partial charge is 0.493 e. The zero-order valence-electron chi connectivity index (χ0n) is 15.3. The van der Waals surface area contributed by atoms with Gasteiger partial charge < -0.3 is 9.47 Å². The Balaban J connectivity index is 1.81. The molecule has 0 amide bonds. The van der Waals surface area contributed by atoms with Crippen LogP contribution in [0.5, 0.6) is 11.5 Å². The van der Waals surface area contributed by atoms with Gasteiger partial charge in [0.05, 0.1) is 29.3 Å². The average molecular weight is 463 g/mol. The molecule has 0 aliphatic rings. The Morgan fingerprint density at radius 1 is 1.11 bits per heavy atom. The fraction of sp³-hybridized carbons (Fsp3) is 0.150. The molecule has 0 fully saturated rings. The topological polar surface area (TPSA) is 77.0 Å². The van der Waals surface area contributed by atoms with Crippen LogP contribution < -0.4 is 14.3 Å². The van der Waals surface area contributed by atoms with Crippen LogP contribution in [0, 0.1) is 0 Å². The lowest BCUT2D eigenvalue weighted by Crippen LogP contribution is -2.18. The molecule has 0 unspecified atom stereocenters. The third kappa shape index (κ3) is 4.45. The highest BCUT2D eigenvalue weighted by Crippen LogP contribution is 2.36. The Kier molecular flexibility index (Phi) is 6.21. The van der Waals surface area contributed by atoms with Crippen molar-refractivity contribution in [3.8, 4) is 11.5 Å². The molecule has 0 bridgehead atoms. The first kappa shape index (κ1) is 20.2. The highest BCUT2D eigenvalue weighted by atomic mass is 79.9. The third-order valence-corrected chi connectivity index (χ3v) is 5.77. The average Bonchev–Trinajstić information content (AvgIpc) is 2.69. The predicted octanol–water partition coefficient (Wildman–Crippen LogP) is 4.32. The molecule has 146 valence electrons. The maximum absolute atomic E-state index is 12.5. The SMILES string of the molecule is CCOc1c(Br)cc(/C=N\NS(=O)(=O)c2ccc3ccccc3c2)cc1OC. The van der Waals surface area contributed by atoms with E-state index in [0.717, 1.165) is 10.8 Å². The Morgan fingerprint density at radius 2 is 1.86 bits per heavy atom. The van der Waals surface area contributed by atoms with Gasteiger partial charge in [0.2, 0.25) is 0 Å². The molecule has 1 N–H and O–H groups in total. The fourth-order valence-electron chi connectivity index (χ4n) is 2.66. The van der Waals surface area contributed by atoms with Gasteiger partial charge >= 0.3 is 0 Å². The summed E-state index contributed by atoms with van der Waals surface area (Å²) in [4.78, 5) is 2.39. The molecule has 0 saturated carbocycles. The van der Waals surface area contributed by atoms with Crippen LogP contribution >= 0.6 is 15.9 Å².